The molecule has 8 heteroatoms. The Balaban J connectivity index is 1.57. The molecule has 2 aromatic heterocycles. The summed E-state index contributed by atoms with van der Waals surface area (Å²) in [4.78, 5) is 15.7. The van der Waals surface area contributed by atoms with Crippen molar-refractivity contribution in [2.24, 2.45) is 0 Å². The number of nitrogens with one attached hydrogen (secondary N) is 1. The molecule has 1 N–H and O–H groups in total. The molecule has 0 atom stereocenters. The second-order valence-corrected chi connectivity index (χ2v) is 5.56. The number of carbonyl (C=O) groups excluding carboxylic acids is 1. The average molecular weight is 360 g/mol. The van der Waals surface area contributed by atoms with Crippen LogP contribution in [-0.2, 0) is 12.6 Å². The predicted octanol–water partition coefficient (Wildman–Crippen LogP) is 3.26. The molecule has 3 rings (SSSR count). The molecule has 0 fully saturated rings. The first kappa shape index (κ1) is 17.7. The molecule has 26 heavy (non-hydrogen) atoms. The maximum atomic E-state index is 12.7. The van der Waals surface area contributed by atoms with Crippen LogP contribution in [0.5, 0.6) is 0 Å². The van der Waals surface area contributed by atoms with E-state index in [1.54, 1.807) is 10.9 Å². The van der Waals surface area contributed by atoms with Gasteiger partial charge in [-0.25, -0.2) is 4.68 Å². The molecule has 1 aromatic carbocycles. The van der Waals surface area contributed by atoms with Gasteiger partial charge in [0.05, 0.1) is 17.4 Å². The van der Waals surface area contributed by atoms with Crippen molar-refractivity contribution in [1.29, 1.82) is 0 Å². The van der Waals surface area contributed by atoms with Crippen molar-refractivity contribution in [3.05, 3.63) is 77.9 Å². The highest BCUT2D eigenvalue weighted by Crippen LogP contribution is 2.28. The van der Waals surface area contributed by atoms with Crippen molar-refractivity contribution in [1.82, 2.24) is 20.1 Å². The first-order valence-electron chi connectivity index (χ1n) is 7.84. The third kappa shape index (κ3) is 4.27. The molecule has 2 heterocycles. The summed E-state index contributed by atoms with van der Waals surface area (Å²) in [5.74, 6) is -0.647. The highest BCUT2D eigenvalue weighted by molar-refractivity contribution is 5.92. The highest BCUT2D eigenvalue weighted by atomic mass is 19.4. The van der Waals surface area contributed by atoms with Gasteiger partial charge in [0.15, 0.2) is 0 Å². The summed E-state index contributed by atoms with van der Waals surface area (Å²) in [5, 5.41) is 6.82. The van der Waals surface area contributed by atoms with Crippen LogP contribution in [0.3, 0.4) is 0 Å². The molecule has 3 aromatic rings. The number of amides is 1. The van der Waals surface area contributed by atoms with Crippen LogP contribution in [0.25, 0.3) is 5.69 Å². The number of benzene rings is 1. The number of aromatic nitrogens is 3. The summed E-state index contributed by atoms with van der Waals surface area (Å²) in [7, 11) is 0. The molecule has 0 unspecified atom stereocenters. The predicted molar refractivity (Wildman–Crippen MR) is 88.8 cm³/mol. The molecule has 0 aliphatic carbocycles. The summed E-state index contributed by atoms with van der Waals surface area (Å²) in [6.07, 6.45) is 0.481. The van der Waals surface area contributed by atoms with Gasteiger partial charge in [0.1, 0.15) is 5.69 Å². The van der Waals surface area contributed by atoms with Crippen LogP contribution in [0, 0.1) is 0 Å². The van der Waals surface area contributed by atoms with Gasteiger partial charge >= 0.3 is 6.18 Å². The number of para-hydroxylation sites is 1. The van der Waals surface area contributed by atoms with Crippen LogP contribution < -0.4 is 5.32 Å². The van der Waals surface area contributed by atoms with E-state index in [1.165, 1.54) is 0 Å². The number of pyridine rings is 1. The summed E-state index contributed by atoms with van der Waals surface area (Å²) >= 11 is 0. The van der Waals surface area contributed by atoms with E-state index in [0.717, 1.165) is 29.6 Å². The van der Waals surface area contributed by atoms with E-state index in [1.807, 2.05) is 36.5 Å². The Kier molecular flexibility index (Phi) is 5.01. The van der Waals surface area contributed by atoms with E-state index < -0.39 is 17.6 Å². The Labute approximate surface area is 147 Å². The molecule has 0 radical (unpaired) electrons. The zero-order valence-electron chi connectivity index (χ0n) is 13.6. The normalized spacial score (nSPS) is 11.3. The minimum Gasteiger partial charge on any atom is -0.350 e. The summed E-state index contributed by atoms with van der Waals surface area (Å²) < 4.78 is 39.7. The van der Waals surface area contributed by atoms with E-state index in [2.05, 4.69) is 15.4 Å². The van der Waals surface area contributed by atoms with E-state index in [4.69, 9.17) is 0 Å². The number of carbonyl (C=O) groups is 1. The van der Waals surface area contributed by atoms with Crippen molar-refractivity contribution in [3.63, 3.8) is 0 Å². The molecule has 1 amide bonds. The number of halogens is 3. The lowest BCUT2D eigenvalue weighted by Crippen LogP contribution is -2.26. The standard InChI is InChI=1S/C18H15F3N4O/c19-18(20,21)14-7-9-22-16(10-14)17(26)23-8-6-13-11-24-25(12-13)15-4-2-1-3-5-15/h1-5,7,9-12H,6,8H2,(H,23,26). The minimum atomic E-state index is -4.51. The van der Waals surface area contributed by atoms with Gasteiger partial charge in [0.2, 0.25) is 0 Å². The second kappa shape index (κ2) is 7.38. The van der Waals surface area contributed by atoms with Gasteiger partial charge in [0, 0.05) is 18.9 Å². The molecular weight excluding hydrogens is 345 g/mol. The number of alkyl halides is 3. The van der Waals surface area contributed by atoms with Crippen LogP contribution in [0.4, 0.5) is 13.2 Å². The molecule has 5 nitrogen and oxygen atoms in total. The minimum absolute atomic E-state index is 0.261. The van der Waals surface area contributed by atoms with Gasteiger partial charge in [-0.15, -0.1) is 0 Å². The van der Waals surface area contributed by atoms with E-state index in [0.29, 0.717) is 6.42 Å². The zero-order chi connectivity index (χ0) is 18.6. The van der Waals surface area contributed by atoms with Crippen LogP contribution >= 0.6 is 0 Å². The molecule has 0 bridgehead atoms. The fourth-order valence-electron chi connectivity index (χ4n) is 2.35. The van der Waals surface area contributed by atoms with E-state index >= 15 is 0 Å². The van der Waals surface area contributed by atoms with E-state index in [-0.39, 0.29) is 12.2 Å². The van der Waals surface area contributed by atoms with Crippen molar-refractivity contribution in [2.75, 3.05) is 6.54 Å². The Morgan fingerprint density at radius 1 is 1.15 bits per heavy atom. The molecule has 134 valence electrons. The molecule has 0 aliphatic rings. The SMILES string of the molecule is O=C(NCCc1cnn(-c2ccccc2)c1)c1cc(C(F)(F)F)ccn1. The Morgan fingerprint density at radius 2 is 1.92 bits per heavy atom. The van der Waals surface area contributed by atoms with Gasteiger partial charge in [-0.1, -0.05) is 18.2 Å². The Hall–Kier alpha value is -3.16. The van der Waals surface area contributed by atoms with Gasteiger partial charge in [-0.05, 0) is 36.2 Å². The number of rotatable bonds is 5. The van der Waals surface area contributed by atoms with Crippen molar-refractivity contribution in [3.8, 4) is 5.69 Å². The summed E-state index contributed by atoms with van der Waals surface area (Å²) in [5.41, 5.74) is 0.642. The lowest BCUT2D eigenvalue weighted by Gasteiger charge is -2.08. The van der Waals surface area contributed by atoms with Gasteiger partial charge < -0.3 is 5.32 Å². The van der Waals surface area contributed by atoms with Gasteiger partial charge in [-0.2, -0.15) is 18.3 Å². The average Bonchev–Trinajstić information content (AvgIpc) is 3.11. The fraction of sp³-hybridized carbons (Fsp3) is 0.167. The molecular formula is C18H15F3N4O. The molecule has 0 saturated heterocycles. The molecule has 0 aliphatic heterocycles. The second-order valence-electron chi connectivity index (χ2n) is 5.56. The lowest BCUT2D eigenvalue weighted by molar-refractivity contribution is -0.137. The largest absolute Gasteiger partial charge is 0.416 e. The molecule has 0 saturated carbocycles. The van der Waals surface area contributed by atoms with Crippen LogP contribution in [-0.4, -0.2) is 27.2 Å². The number of nitrogens with zero attached hydrogens (tertiary/aromatic N) is 3. The highest BCUT2D eigenvalue weighted by Gasteiger charge is 2.31. The maximum absolute atomic E-state index is 12.7. The lowest BCUT2D eigenvalue weighted by atomic mass is 10.2. The third-order valence-electron chi connectivity index (χ3n) is 3.68. The summed E-state index contributed by atoms with van der Waals surface area (Å²) in [6.45, 7) is 0.261. The van der Waals surface area contributed by atoms with Crippen molar-refractivity contribution in [2.45, 2.75) is 12.6 Å². The van der Waals surface area contributed by atoms with E-state index in [9.17, 15) is 18.0 Å². The first-order valence-corrected chi connectivity index (χ1v) is 7.84. The third-order valence-corrected chi connectivity index (χ3v) is 3.68. The fourth-order valence-corrected chi connectivity index (χ4v) is 2.35. The Bertz CT molecular complexity index is 891. The monoisotopic (exact) mass is 360 g/mol. The summed E-state index contributed by atoms with van der Waals surface area (Å²) in [6, 6.07) is 11.1. The smallest absolute Gasteiger partial charge is 0.350 e. The van der Waals surface area contributed by atoms with Crippen LogP contribution in [0.15, 0.2) is 61.1 Å². The van der Waals surface area contributed by atoms with Crippen LogP contribution in [0.1, 0.15) is 21.6 Å². The number of hydrogen-bond acceptors (Lipinski definition) is 3. The zero-order valence-corrected chi connectivity index (χ0v) is 13.6. The maximum Gasteiger partial charge on any atom is 0.416 e. The van der Waals surface area contributed by atoms with Gasteiger partial charge in [0.25, 0.3) is 5.91 Å². The van der Waals surface area contributed by atoms with Crippen molar-refractivity contribution >= 4 is 5.91 Å². The topological polar surface area (TPSA) is 59.8 Å². The Morgan fingerprint density at radius 3 is 2.65 bits per heavy atom. The quantitative estimate of drug-likeness (QED) is 0.760. The van der Waals surface area contributed by atoms with Crippen LogP contribution in [0.2, 0.25) is 0 Å². The first-order chi connectivity index (χ1) is 12.4. The van der Waals surface area contributed by atoms with Gasteiger partial charge in [-0.3, -0.25) is 9.78 Å². The number of hydrogen-bond donors (Lipinski definition) is 1. The molecule has 0 spiro atoms. The van der Waals surface area contributed by atoms with Crippen molar-refractivity contribution < 1.29 is 18.0 Å².